The van der Waals surface area contributed by atoms with Gasteiger partial charge in [-0.1, -0.05) is 6.92 Å². The van der Waals surface area contributed by atoms with Crippen molar-refractivity contribution in [2.24, 2.45) is 0 Å². The molecule has 0 spiro atoms. The van der Waals surface area contributed by atoms with Gasteiger partial charge in [-0.25, -0.2) is 0 Å². The highest BCUT2D eigenvalue weighted by atomic mass is 35.5. The normalized spacial score (nSPS) is 11.8. The van der Waals surface area contributed by atoms with Crippen LogP contribution in [0.2, 0.25) is 0 Å². The van der Waals surface area contributed by atoms with Crippen LogP contribution in [0.5, 0.6) is 0 Å². The first-order valence-corrected chi connectivity index (χ1v) is 4.49. The summed E-state index contributed by atoms with van der Waals surface area (Å²) in [7, 11) is 0. The average Bonchev–Trinajstić information content (AvgIpc) is 2.12. The van der Waals surface area contributed by atoms with E-state index in [0.29, 0.717) is 13.0 Å². The number of nitriles is 1. The first kappa shape index (κ1) is 11.2. The SMILES string of the molecule is CCC(C#N)N(CC)C(=O)CCl. The number of halogens is 1. The lowest BCUT2D eigenvalue weighted by molar-refractivity contribution is -0.129. The van der Waals surface area contributed by atoms with Crippen LogP contribution in [0.1, 0.15) is 20.3 Å². The summed E-state index contributed by atoms with van der Waals surface area (Å²) in [5, 5.41) is 8.68. The summed E-state index contributed by atoms with van der Waals surface area (Å²) < 4.78 is 0. The quantitative estimate of drug-likeness (QED) is 0.626. The summed E-state index contributed by atoms with van der Waals surface area (Å²) in [6.07, 6.45) is 0.646. The van der Waals surface area contributed by atoms with Gasteiger partial charge in [0.2, 0.25) is 5.91 Å². The lowest BCUT2D eigenvalue weighted by Gasteiger charge is -2.23. The van der Waals surface area contributed by atoms with Gasteiger partial charge in [-0.3, -0.25) is 4.79 Å². The molecule has 0 bridgehead atoms. The number of carbonyl (C=O) groups is 1. The van der Waals surface area contributed by atoms with Crippen LogP contribution in [0.4, 0.5) is 0 Å². The minimum absolute atomic E-state index is 0.0496. The van der Waals surface area contributed by atoms with Crippen LogP contribution in [0, 0.1) is 11.3 Å². The second-order valence-corrected chi connectivity index (χ2v) is 2.63. The molecule has 0 aromatic rings. The molecule has 0 aliphatic heterocycles. The third-order valence-electron chi connectivity index (χ3n) is 1.69. The van der Waals surface area contributed by atoms with Gasteiger partial charge in [-0.15, -0.1) is 11.6 Å². The van der Waals surface area contributed by atoms with Gasteiger partial charge in [0.25, 0.3) is 0 Å². The van der Waals surface area contributed by atoms with Crippen molar-refractivity contribution in [3.05, 3.63) is 0 Å². The molecule has 0 rings (SSSR count). The Bertz CT molecular complexity index is 188. The van der Waals surface area contributed by atoms with E-state index < -0.39 is 0 Å². The maximum Gasteiger partial charge on any atom is 0.238 e. The molecular formula is C8H13ClN2O. The minimum Gasteiger partial charge on any atom is -0.326 e. The summed E-state index contributed by atoms with van der Waals surface area (Å²) in [6.45, 7) is 4.25. The largest absolute Gasteiger partial charge is 0.326 e. The molecule has 1 amide bonds. The Morgan fingerprint density at radius 3 is 2.50 bits per heavy atom. The topological polar surface area (TPSA) is 44.1 Å². The van der Waals surface area contributed by atoms with E-state index in [1.54, 1.807) is 0 Å². The highest BCUT2D eigenvalue weighted by Gasteiger charge is 2.18. The molecule has 0 saturated carbocycles. The van der Waals surface area contributed by atoms with E-state index in [1.807, 2.05) is 13.8 Å². The molecule has 3 nitrogen and oxygen atoms in total. The molecule has 0 N–H and O–H groups in total. The number of amides is 1. The van der Waals surface area contributed by atoms with Crippen molar-refractivity contribution < 1.29 is 4.79 Å². The van der Waals surface area contributed by atoms with Crippen molar-refractivity contribution in [2.45, 2.75) is 26.3 Å². The fourth-order valence-electron chi connectivity index (χ4n) is 1.03. The van der Waals surface area contributed by atoms with E-state index in [1.165, 1.54) is 4.90 Å². The van der Waals surface area contributed by atoms with Crippen LogP contribution >= 0.6 is 11.6 Å². The summed E-state index contributed by atoms with van der Waals surface area (Å²) >= 11 is 5.38. The van der Waals surface area contributed by atoms with Gasteiger partial charge in [-0.05, 0) is 13.3 Å². The first-order chi connectivity index (χ1) is 5.71. The molecule has 0 saturated heterocycles. The molecule has 1 unspecified atom stereocenters. The van der Waals surface area contributed by atoms with Gasteiger partial charge in [0.15, 0.2) is 0 Å². The monoisotopic (exact) mass is 188 g/mol. The first-order valence-electron chi connectivity index (χ1n) is 3.96. The number of alkyl halides is 1. The van der Waals surface area contributed by atoms with E-state index >= 15 is 0 Å². The van der Waals surface area contributed by atoms with Crippen molar-refractivity contribution >= 4 is 17.5 Å². The molecule has 0 heterocycles. The van der Waals surface area contributed by atoms with Crippen LogP contribution in [0.25, 0.3) is 0 Å². The molecule has 12 heavy (non-hydrogen) atoms. The molecule has 4 heteroatoms. The summed E-state index contributed by atoms with van der Waals surface area (Å²) in [5.41, 5.74) is 0. The van der Waals surface area contributed by atoms with Gasteiger partial charge in [0, 0.05) is 6.54 Å². The van der Waals surface area contributed by atoms with Crippen LogP contribution in [-0.2, 0) is 4.79 Å². The Labute approximate surface area is 77.9 Å². The summed E-state index contributed by atoms with van der Waals surface area (Å²) in [4.78, 5) is 12.6. The smallest absolute Gasteiger partial charge is 0.238 e. The molecule has 1 atom stereocenters. The Kier molecular flexibility index (Phi) is 5.48. The van der Waals surface area contributed by atoms with Crippen LogP contribution in [-0.4, -0.2) is 29.3 Å². The third kappa shape index (κ3) is 2.71. The minimum atomic E-state index is -0.332. The van der Waals surface area contributed by atoms with E-state index in [4.69, 9.17) is 16.9 Å². The fourth-order valence-corrected chi connectivity index (χ4v) is 1.18. The van der Waals surface area contributed by atoms with E-state index in [2.05, 4.69) is 6.07 Å². The van der Waals surface area contributed by atoms with Gasteiger partial charge < -0.3 is 4.90 Å². The Morgan fingerprint density at radius 1 is 1.67 bits per heavy atom. The van der Waals surface area contributed by atoms with E-state index in [0.717, 1.165) is 0 Å². The lowest BCUT2D eigenvalue weighted by Crippen LogP contribution is -2.39. The maximum absolute atomic E-state index is 11.1. The summed E-state index contributed by atoms with van der Waals surface area (Å²) in [6, 6.07) is 1.73. The lowest BCUT2D eigenvalue weighted by atomic mass is 10.2. The van der Waals surface area contributed by atoms with E-state index in [-0.39, 0.29) is 17.8 Å². The molecule has 0 radical (unpaired) electrons. The van der Waals surface area contributed by atoms with Crippen molar-refractivity contribution in [2.75, 3.05) is 12.4 Å². The summed E-state index contributed by atoms with van der Waals surface area (Å²) in [5.74, 6) is -0.223. The molecule has 0 aliphatic rings. The van der Waals surface area contributed by atoms with Gasteiger partial charge >= 0.3 is 0 Å². The van der Waals surface area contributed by atoms with E-state index in [9.17, 15) is 4.79 Å². The third-order valence-corrected chi connectivity index (χ3v) is 1.92. The van der Waals surface area contributed by atoms with Gasteiger partial charge in [0.05, 0.1) is 6.07 Å². The zero-order chi connectivity index (χ0) is 9.56. The zero-order valence-electron chi connectivity index (χ0n) is 7.38. The number of nitrogens with zero attached hydrogens (tertiary/aromatic N) is 2. The zero-order valence-corrected chi connectivity index (χ0v) is 8.14. The molecular weight excluding hydrogens is 176 g/mol. The van der Waals surface area contributed by atoms with Crippen molar-refractivity contribution in [3.63, 3.8) is 0 Å². The highest BCUT2D eigenvalue weighted by molar-refractivity contribution is 6.27. The molecule has 68 valence electrons. The van der Waals surface area contributed by atoms with Gasteiger partial charge in [-0.2, -0.15) is 5.26 Å². The number of hydrogen-bond acceptors (Lipinski definition) is 2. The van der Waals surface area contributed by atoms with Crippen molar-refractivity contribution in [3.8, 4) is 6.07 Å². The second kappa shape index (κ2) is 5.84. The molecule has 0 fully saturated rings. The average molecular weight is 189 g/mol. The van der Waals surface area contributed by atoms with Crippen LogP contribution in [0.3, 0.4) is 0 Å². The molecule has 0 aromatic heterocycles. The van der Waals surface area contributed by atoms with Crippen LogP contribution < -0.4 is 0 Å². The second-order valence-electron chi connectivity index (χ2n) is 2.37. The van der Waals surface area contributed by atoms with Crippen LogP contribution in [0.15, 0.2) is 0 Å². The Balaban J connectivity index is 4.33. The predicted molar refractivity (Wildman–Crippen MR) is 47.8 cm³/mol. The molecule has 0 aliphatic carbocycles. The van der Waals surface area contributed by atoms with Gasteiger partial charge in [0.1, 0.15) is 11.9 Å². The maximum atomic E-state index is 11.1. The Morgan fingerprint density at radius 2 is 2.25 bits per heavy atom. The number of carbonyl (C=O) groups excluding carboxylic acids is 1. The standard InChI is InChI=1S/C8H13ClN2O/c1-3-7(6-10)11(4-2)8(12)5-9/h7H,3-5H2,1-2H3. The number of rotatable bonds is 4. The molecule has 0 aromatic carbocycles. The highest BCUT2D eigenvalue weighted by Crippen LogP contribution is 2.03. The Hall–Kier alpha value is -0.750. The predicted octanol–water partition coefficient (Wildman–Crippen LogP) is 1.38. The fraction of sp³-hybridized carbons (Fsp3) is 0.750. The number of hydrogen-bond donors (Lipinski definition) is 0. The van der Waals surface area contributed by atoms with Crippen molar-refractivity contribution in [1.29, 1.82) is 5.26 Å². The van der Waals surface area contributed by atoms with Crippen molar-refractivity contribution in [1.82, 2.24) is 4.90 Å².